The molecule has 1 aromatic carbocycles. The minimum Gasteiger partial charge on any atom is -0.333 e. The highest BCUT2D eigenvalue weighted by Gasteiger charge is 2.29. The van der Waals surface area contributed by atoms with Crippen molar-refractivity contribution in [3.63, 3.8) is 0 Å². The fraction of sp³-hybridized carbons (Fsp3) is 0.188. The van der Waals surface area contributed by atoms with Gasteiger partial charge in [-0.2, -0.15) is 5.10 Å². The van der Waals surface area contributed by atoms with Gasteiger partial charge < -0.3 is 4.57 Å². The predicted molar refractivity (Wildman–Crippen MR) is 96.2 cm³/mol. The van der Waals surface area contributed by atoms with Crippen LogP contribution in [0.25, 0.3) is 11.4 Å². The summed E-state index contributed by atoms with van der Waals surface area (Å²) in [5.74, 6) is -3.00. The molecule has 2 heterocycles. The zero-order valence-corrected chi connectivity index (χ0v) is 16.4. The van der Waals surface area contributed by atoms with Gasteiger partial charge in [-0.3, -0.25) is 9.48 Å². The molecule has 0 fully saturated rings. The zero-order valence-electron chi connectivity index (χ0n) is 14.9. The van der Waals surface area contributed by atoms with Crippen molar-refractivity contribution in [2.24, 2.45) is 14.1 Å². The normalized spacial score (nSPS) is 11.6. The number of rotatable bonds is 4. The summed E-state index contributed by atoms with van der Waals surface area (Å²) in [5.41, 5.74) is -0.678. The van der Waals surface area contributed by atoms with E-state index in [0.717, 1.165) is 23.0 Å². The monoisotopic (exact) mass is 429 g/mol. The van der Waals surface area contributed by atoms with E-state index in [-0.39, 0.29) is 27.3 Å². The first-order valence-electron chi connectivity index (χ1n) is 7.77. The van der Waals surface area contributed by atoms with Crippen molar-refractivity contribution in [3.05, 3.63) is 52.6 Å². The molecule has 0 aliphatic heterocycles. The lowest BCUT2D eigenvalue weighted by molar-refractivity contribution is 0.0977. The molecular formula is C16H14ClF2N5O3S. The molecule has 0 aliphatic carbocycles. The number of aromatic nitrogens is 4. The number of hydrogen-bond donors (Lipinski definition) is 1. The minimum atomic E-state index is -4.34. The smallest absolute Gasteiger partial charge is 0.285 e. The Morgan fingerprint density at radius 3 is 2.36 bits per heavy atom. The highest BCUT2D eigenvalue weighted by atomic mass is 35.5. The number of amides is 1. The van der Waals surface area contributed by atoms with Gasteiger partial charge in [-0.1, -0.05) is 17.7 Å². The Kier molecular flexibility index (Phi) is 4.98. The second-order valence-electron chi connectivity index (χ2n) is 5.92. The summed E-state index contributed by atoms with van der Waals surface area (Å²) in [7, 11) is -1.48. The predicted octanol–water partition coefficient (Wildman–Crippen LogP) is 2.18. The Bertz CT molecular complexity index is 1180. The fourth-order valence-electron chi connectivity index (χ4n) is 2.66. The average molecular weight is 430 g/mol. The van der Waals surface area contributed by atoms with Crippen LogP contribution in [0.4, 0.5) is 8.78 Å². The quantitative estimate of drug-likeness (QED) is 0.685. The van der Waals surface area contributed by atoms with Crippen LogP contribution in [-0.2, 0) is 24.1 Å². The van der Waals surface area contributed by atoms with Gasteiger partial charge in [-0.15, -0.1) is 0 Å². The number of halogens is 3. The Labute approximate surface area is 163 Å². The van der Waals surface area contributed by atoms with Crippen molar-refractivity contribution in [2.75, 3.05) is 0 Å². The Hall–Kier alpha value is -2.79. The molecular weight excluding hydrogens is 416 g/mol. The van der Waals surface area contributed by atoms with E-state index in [1.165, 1.54) is 31.7 Å². The maximum Gasteiger partial charge on any atom is 0.285 e. The summed E-state index contributed by atoms with van der Waals surface area (Å²) in [6, 6.07) is 3.28. The first-order chi connectivity index (χ1) is 13.0. The number of aryl methyl sites for hydroxylation is 3. The molecule has 3 aromatic rings. The third-order valence-electron chi connectivity index (χ3n) is 3.89. The lowest BCUT2D eigenvalue weighted by Gasteiger charge is -2.05. The van der Waals surface area contributed by atoms with E-state index in [2.05, 4.69) is 10.1 Å². The third-order valence-corrected chi connectivity index (χ3v) is 5.92. The molecule has 8 nitrogen and oxygen atoms in total. The minimum absolute atomic E-state index is 0.0999. The van der Waals surface area contributed by atoms with Gasteiger partial charge in [0.05, 0.1) is 11.3 Å². The third kappa shape index (κ3) is 3.38. The first kappa shape index (κ1) is 20.0. The maximum absolute atomic E-state index is 14.0. The highest BCUT2D eigenvalue weighted by molar-refractivity contribution is 7.90. The van der Waals surface area contributed by atoms with Crippen LogP contribution < -0.4 is 4.72 Å². The lowest BCUT2D eigenvalue weighted by Crippen LogP contribution is -2.31. The van der Waals surface area contributed by atoms with Crippen molar-refractivity contribution in [2.45, 2.75) is 11.8 Å². The van der Waals surface area contributed by atoms with Crippen molar-refractivity contribution in [1.29, 1.82) is 0 Å². The molecule has 12 heteroatoms. The Morgan fingerprint density at radius 1 is 1.21 bits per heavy atom. The SMILES string of the molecule is Cc1nn(C)c(Cl)c1S(=O)(=O)NC(=O)c1cn(C)c(-c2c(F)cccc2F)n1. The molecule has 0 unspecified atom stereocenters. The molecule has 1 amide bonds. The average Bonchev–Trinajstić information content (AvgIpc) is 3.07. The number of hydrogen-bond acceptors (Lipinski definition) is 5. The largest absolute Gasteiger partial charge is 0.333 e. The number of benzene rings is 1. The van der Waals surface area contributed by atoms with Gasteiger partial charge in [0.15, 0.2) is 0 Å². The molecule has 28 heavy (non-hydrogen) atoms. The van der Waals surface area contributed by atoms with E-state index >= 15 is 0 Å². The van der Waals surface area contributed by atoms with Crippen LogP contribution in [-0.4, -0.2) is 33.7 Å². The topological polar surface area (TPSA) is 98.9 Å². The van der Waals surface area contributed by atoms with Gasteiger partial charge in [0.25, 0.3) is 15.9 Å². The standard InChI is InChI=1S/C16H14ClF2N5O3S/c1-8-13(14(17)24(3)21-8)28(26,27)22-16(25)11-7-23(2)15(20-11)12-9(18)5-4-6-10(12)19/h4-7H,1-3H3,(H,22,25). The van der Waals surface area contributed by atoms with E-state index in [1.807, 2.05) is 4.72 Å². The second kappa shape index (κ2) is 6.99. The number of sulfonamides is 1. The molecule has 0 saturated carbocycles. The Morgan fingerprint density at radius 2 is 1.82 bits per heavy atom. The molecule has 0 radical (unpaired) electrons. The zero-order chi connectivity index (χ0) is 20.8. The summed E-state index contributed by atoms with van der Waals surface area (Å²) in [4.78, 5) is 15.9. The number of carbonyl (C=O) groups is 1. The van der Waals surface area contributed by atoms with Crippen LogP contribution >= 0.6 is 11.6 Å². The van der Waals surface area contributed by atoms with Gasteiger partial charge >= 0.3 is 0 Å². The molecule has 148 valence electrons. The molecule has 2 aromatic heterocycles. The summed E-state index contributed by atoms with van der Waals surface area (Å²) < 4.78 is 57.2. The summed E-state index contributed by atoms with van der Waals surface area (Å²) in [6.45, 7) is 1.42. The molecule has 1 N–H and O–H groups in total. The van der Waals surface area contributed by atoms with Gasteiger partial charge in [0, 0.05) is 20.3 Å². The second-order valence-corrected chi connectivity index (χ2v) is 7.90. The van der Waals surface area contributed by atoms with Crippen LogP contribution in [0.3, 0.4) is 0 Å². The summed E-state index contributed by atoms with van der Waals surface area (Å²) in [5, 5.41) is 3.71. The highest BCUT2D eigenvalue weighted by Crippen LogP contribution is 2.26. The molecule has 0 spiro atoms. The molecule has 0 atom stereocenters. The summed E-state index contributed by atoms with van der Waals surface area (Å²) >= 11 is 5.94. The van der Waals surface area contributed by atoms with Crippen LogP contribution in [0.2, 0.25) is 5.15 Å². The van der Waals surface area contributed by atoms with Crippen LogP contribution in [0.5, 0.6) is 0 Å². The maximum atomic E-state index is 14.0. The number of imidazole rings is 1. The van der Waals surface area contributed by atoms with Crippen LogP contribution in [0, 0.1) is 18.6 Å². The van der Waals surface area contributed by atoms with Crippen molar-refractivity contribution in [1.82, 2.24) is 24.1 Å². The van der Waals surface area contributed by atoms with E-state index in [1.54, 1.807) is 0 Å². The van der Waals surface area contributed by atoms with E-state index in [9.17, 15) is 22.0 Å². The van der Waals surface area contributed by atoms with Crippen LogP contribution in [0.15, 0.2) is 29.3 Å². The van der Waals surface area contributed by atoms with Crippen molar-refractivity contribution < 1.29 is 22.0 Å². The number of nitrogens with zero attached hydrogens (tertiary/aromatic N) is 4. The van der Waals surface area contributed by atoms with Gasteiger partial charge in [-0.25, -0.2) is 26.9 Å². The van der Waals surface area contributed by atoms with E-state index in [0.29, 0.717) is 0 Å². The van der Waals surface area contributed by atoms with Gasteiger partial charge in [0.1, 0.15) is 33.2 Å². The molecule has 0 bridgehead atoms. The first-order valence-corrected chi connectivity index (χ1v) is 9.63. The Balaban J connectivity index is 1.97. The van der Waals surface area contributed by atoms with Crippen molar-refractivity contribution in [3.8, 4) is 11.4 Å². The lowest BCUT2D eigenvalue weighted by atomic mass is 10.2. The number of nitrogens with one attached hydrogen (secondary N) is 1. The number of carbonyl (C=O) groups excluding carboxylic acids is 1. The molecule has 0 aliphatic rings. The van der Waals surface area contributed by atoms with Crippen molar-refractivity contribution >= 4 is 27.5 Å². The molecule has 3 rings (SSSR count). The van der Waals surface area contributed by atoms with Gasteiger partial charge in [-0.05, 0) is 19.1 Å². The van der Waals surface area contributed by atoms with Crippen LogP contribution in [0.1, 0.15) is 16.2 Å². The molecule has 0 saturated heterocycles. The summed E-state index contributed by atoms with van der Waals surface area (Å²) in [6.07, 6.45) is 1.16. The fourth-order valence-corrected chi connectivity index (χ4v) is 4.37. The van der Waals surface area contributed by atoms with Gasteiger partial charge in [0.2, 0.25) is 0 Å². The van der Waals surface area contributed by atoms with E-state index < -0.39 is 33.1 Å². The van der Waals surface area contributed by atoms with E-state index in [4.69, 9.17) is 11.6 Å².